The summed E-state index contributed by atoms with van der Waals surface area (Å²) in [6, 6.07) is 8.22. The molecule has 0 fully saturated rings. The highest BCUT2D eigenvalue weighted by atomic mass is 35.5. The lowest BCUT2D eigenvalue weighted by Gasteiger charge is -2.04. The second-order valence-electron chi connectivity index (χ2n) is 4.75. The third-order valence-electron chi connectivity index (χ3n) is 2.81. The van der Waals surface area contributed by atoms with Crippen molar-refractivity contribution in [1.29, 1.82) is 0 Å². The normalized spacial score (nSPS) is 11.0. The molecule has 1 heteroatoms. The lowest BCUT2D eigenvalue weighted by Crippen LogP contribution is -1.88. The smallest absolute Gasteiger partial charge is 0.0406 e. The quantitative estimate of drug-likeness (QED) is 0.554. The first-order chi connectivity index (χ1) is 7.68. The van der Waals surface area contributed by atoms with E-state index in [2.05, 4.69) is 26.0 Å². The minimum Gasteiger partial charge on any atom is -0.0843 e. The van der Waals surface area contributed by atoms with Crippen LogP contribution in [0.3, 0.4) is 0 Å². The summed E-state index contributed by atoms with van der Waals surface area (Å²) in [6.45, 7) is 4.43. The van der Waals surface area contributed by atoms with Gasteiger partial charge in [-0.05, 0) is 42.9 Å². The van der Waals surface area contributed by atoms with Gasteiger partial charge in [0.1, 0.15) is 0 Å². The van der Waals surface area contributed by atoms with Gasteiger partial charge in [-0.15, -0.1) is 0 Å². The molecule has 0 atom stereocenters. The van der Waals surface area contributed by atoms with Gasteiger partial charge in [0.2, 0.25) is 0 Å². The molecule has 1 radical (unpaired) electrons. The molecular formula is C15H22Cl. The summed E-state index contributed by atoms with van der Waals surface area (Å²) in [5.41, 5.74) is 1.41. The van der Waals surface area contributed by atoms with Crippen LogP contribution >= 0.6 is 11.6 Å². The number of aryl methyl sites for hydroxylation is 1. The Labute approximate surface area is 105 Å². The topological polar surface area (TPSA) is 0 Å². The van der Waals surface area contributed by atoms with E-state index in [1.165, 1.54) is 44.1 Å². The minimum atomic E-state index is 0.831. The summed E-state index contributed by atoms with van der Waals surface area (Å²) >= 11 is 5.84. The average Bonchev–Trinajstić information content (AvgIpc) is 2.25. The van der Waals surface area contributed by atoms with Crippen molar-refractivity contribution in [3.05, 3.63) is 40.8 Å². The van der Waals surface area contributed by atoms with Crippen molar-refractivity contribution in [3.63, 3.8) is 0 Å². The first-order valence-corrected chi connectivity index (χ1v) is 6.60. The van der Waals surface area contributed by atoms with Gasteiger partial charge in [-0.3, -0.25) is 0 Å². The SMILES string of the molecule is C[C](C)CCCCCCc1ccc(Cl)cc1. The Bertz CT molecular complexity index is 274. The number of rotatable bonds is 7. The first kappa shape index (κ1) is 13.6. The van der Waals surface area contributed by atoms with Gasteiger partial charge < -0.3 is 0 Å². The van der Waals surface area contributed by atoms with Crippen molar-refractivity contribution in [2.75, 3.05) is 0 Å². The lowest BCUT2D eigenvalue weighted by atomic mass is 10.0. The van der Waals surface area contributed by atoms with Crippen LogP contribution in [-0.4, -0.2) is 0 Å². The zero-order valence-corrected chi connectivity index (χ0v) is 11.2. The molecule has 0 N–H and O–H groups in total. The number of unbranched alkanes of at least 4 members (excludes halogenated alkanes) is 3. The van der Waals surface area contributed by atoms with Crippen molar-refractivity contribution in [1.82, 2.24) is 0 Å². The highest BCUT2D eigenvalue weighted by Crippen LogP contribution is 2.14. The van der Waals surface area contributed by atoms with E-state index in [4.69, 9.17) is 11.6 Å². The highest BCUT2D eigenvalue weighted by molar-refractivity contribution is 6.30. The Morgan fingerprint density at radius 2 is 1.56 bits per heavy atom. The molecule has 89 valence electrons. The Hall–Kier alpha value is -0.490. The molecule has 1 aromatic rings. The van der Waals surface area contributed by atoms with Crippen LogP contribution in [0.4, 0.5) is 0 Å². The molecule has 0 aliphatic carbocycles. The fourth-order valence-corrected chi connectivity index (χ4v) is 1.94. The van der Waals surface area contributed by atoms with Gasteiger partial charge in [0, 0.05) is 5.02 Å². The lowest BCUT2D eigenvalue weighted by molar-refractivity contribution is 0.620. The largest absolute Gasteiger partial charge is 0.0843 e. The van der Waals surface area contributed by atoms with Crippen LogP contribution in [0.5, 0.6) is 0 Å². The predicted molar refractivity (Wildman–Crippen MR) is 72.8 cm³/mol. The van der Waals surface area contributed by atoms with Gasteiger partial charge in [0.05, 0.1) is 0 Å². The molecule has 0 saturated carbocycles. The summed E-state index contributed by atoms with van der Waals surface area (Å²) < 4.78 is 0. The molecule has 0 heterocycles. The summed E-state index contributed by atoms with van der Waals surface area (Å²) in [5.74, 6) is 1.55. The molecule has 0 aliphatic rings. The third kappa shape index (κ3) is 6.17. The zero-order chi connectivity index (χ0) is 11.8. The van der Waals surface area contributed by atoms with Crippen LogP contribution in [0.1, 0.15) is 51.5 Å². The summed E-state index contributed by atoms with van der Waals surface area (Å²) in [5, 5.41) is 0.831. The zero-order valence-electron chi connectivity index (χ0n) is 10.4. The molecule has 0 saturated heterocycles. The molecule has 0 spiro atoms. The van der Waals surface area contributed by atoms with Gasteiger partial charge in [-0.25, -0.2) is 0 Å². The summed E-state index contributed by atoms with van der Waals surface area (Å²) in [6.07, 6.45) is 7.83. The van der Waals surface area contributed by atoms with Crippen LogP contribution < -0.4 is 0 Å². The standard InChI is InChI=1S/C15H22Cl/c1-13(2)7-5-3-4-6-8-14-9-11-15(16)12-10-14/h9-12H,3-8H2,1-2H3. The number of hydrogen-bond acceptors (Lipinski definition) is 0. The molecule has 1 aromatic carbocycles. The van der Waals surface area contributed by atoms with E-state index in [-0.39, 0.29) is 0 Å². The van der Waals surface area contributed by atoms with Crippen LogP contribution in [0.15, 0.2) is 24.3 Å². The number of hydrogen-bond donors (Lipinski definition) is 0. The van der Waals surface area contributed by atoms with Crippen molar-refractivity contribution >= 4 is 11.6 Å². The van der Waals surface area contributed by atoms with E-state index in [0.717, 1.165) is 5.02 Å². The van der Waals surface area contributed by atoms with Gasteiger partial charge in [-0.1, -0.05) is 56.8 Å². The van der Waals surface area contributed by atoms with Gasteiger partial charge >= 0.3 is 0 Å². The molecular weight excluding hydrogens is 216 g/mol. The Morgan fingerprint density at radius 3 is 2.19 bits per heavy atom. The Kier molecular flexibility index (Phi) is 6.56. The Morgan fingerprint density at radius 1 is 0.938 bits per heavy atom. The molecule has 16 heavy (non-hydrogen) atoms. The van der Waals surface area contributed by atoms with Gasteiger partial charge in [-0.2, -0.15) is 0 Å². The highest BCUT2D eigenvalue weighted by Gasteiger charge is 1.96. The summed E-state index contributed by atoms with van der Waals surface area (Å²) in [7, 11) is 0. The minimum absolute atomic E-state index is 0.831. The van der Waals surface area contributed by atoms with E-state index in [9.17, 15) is 0 Å². The van der Waals surface area contributed by atoms with Gasteiger partial charge in [0.25, 0.3) is 0 Å². The molecule has 0 nitrogen and oxygen atoms in total. The van der Waals surface area contributed by atoms with Crippen LogP contribution in [0.25, 0.3) is 0 Å². The second-order valence-corrected chi connectivity index (χ2v) is 5.18. The molecule has 0 aromatic heterocycles. The number of halogens is 1. The first-order valence-electron chi connectivity index (χ1n) is 6.22. The molecule has 1 rings (SSSR count). The van der Waals surface area contributed by atoms with E-state index in [1.807, 2.05) is 12.1 Å². The van der Waals surface area contributed by atoms with Crippen molar-refractivity contribution < 1.29 is 0 Å². The van der Waals surface area contributed by atoms with Crippen molar-refractivity contribution in [3.8, 4) is 0 Å². The predicted octanol–water partition coefficient (Wildman–Crippen LogP) is 5.45. The van der Waals surface area contributed by atoms with Gasteiger partial charge in [0.15, 0.2) is 0 Å². The molecule has 0 aliphatic heterocycles. The van der Waals surface area contributed by atoms with Crippen LogP contribution in [-0.2, 0) is 6.42 Å². The second kappa shape index (κ2) is 7.73. The fourth-order valence-electron chi connectivity index (χ4n) is 1.81. The molecule has 0 unspecified atom stereocenters. The monoisotopic (exact) mass is 237 g/mol. The van der Waals surface area contributed by atoms with Crippen LogP contribution in [0, 0.1) is 5.92 Å². The van der Waals surface area contributed by atoms with E-state index in [1.54, 1.807) is 5.92 Å². The maximum Gasteiger partial charge on any atom is 0.0406 e. The van der Waals surface area contributed by atoms with E-state index >= 15 is 0 Å². The van der Waals surface area contributed by atoms with Crippen LogP contribution in [0.2, 0.25) is 5.02 Å². The van der Waals surface area contributed by atoms with Crippen molar-refractivity contribution in [2.45, 2.75) is 52.4 Å². The number of benzene rings is 1. The van der Waals surface area contributed by atoms with Crippen molar-refractivity contribution in [2.24, 2.45) is 0 Å². The van der Waals surface area contributed by atoms with E-state index < -0.39 is 0 Å². The fraction of sp³-hybridized carbons (Fsp3) is 0.533. The summed E-state index contributed by atoms with van der Waals surface area (Å²) in [4.78, 5) is 0. The van der Waals surface area contributed by atoms with E-state index in [0.29, 0.717) is 0 Å². The maximum absolute atomic E-state index is 5.84. The molecule has 0 bridgehead atoms. The Balaban J connectivity index is 2.05. The third-order valence-corrected chi connectivity index (χ3v) is 3.06. The average molecular weight is 238 g/mol. The maximum atomic E-state index is 5.84. The molecule has 0 amide bonds.